The predicted molar refractivity (Wildman–Crippen MR) is 135 cm³/mol. The molecular weight excluding hydrogens is 428 g/mol. The normalized spacial score (nSPS) is 21.4. The topological polar surface area (TPSA) is 51.2 Å². The number of epoxide rings is 1. The van der Waals surface area contributed by atoms with Crippen LogP contribution in [0.2, 0.25) is 0 Å². The minimum Gasteiger partial charge on any atom is -0.386 e. The van der Waals surface area contributed by atoms with Crippen LogP contribution in [0.3, 0.4) is 0 Å². The van der Waals surface area contributed by atoms with Crippen molar-refractivity contribution in [1.82, 2.24) is 0 Å². The number of aliphatic hydroxyl groups is 1. The third-order valence-electron chi connectivity index (χ3n) is 6.70. The van der Waals surface area contributed by atoms with Crippen LogP contribution in [0.15, 0.2) is 104 Å². The van der Waals surface area contributed by atoms with E-state index in [0.29, 0.717) is 6.61 Å². The fourth-order valence-electron chi connectivity index (χ4n) is 4.92. The molecule has 1 saturated heterocycles. The summed E-state index contributed by atoms with van der Waals surface area (Å²) in [6, 6.07) is 31.3. The van der Waals surface area contributed by atoms with Gasteiger partial charge in [-0.05, 0) is 29.4 Å². The highest BCUT2D eigenvalue weighted by Crippen LogP contribution is 2.48. The van der Waals surface area contributed by atoms with E-state index in [0.717, 1.165) is 15.6 Å². The monoisotopic (exact) mass is 460 g/mol. The van der Waals surface area contributed by atoms with Crippen LogP contribution < -0.4 is 15.6 Å². The second kappa shape index (κ2) is 9.37. The van der Waals surface area contributed by atoms with E-state index in [2.05, 4.69) is 79.4 Å². The molecule has 1 aliphatic rings. The number of hydrogen-bond donors (Lipinski definition) is 1. The molecule has 1 N–H and O–H groups in total. The van der Waals surface area contributed by atoms with Crippen molar-refractivity contribution in [3.63, 3.8) is 0 Å². The molecule has 33 heavy (non-hydrogen) atoms. The third-order valence-corrected chi connectivity index (χ3v) is 12.2. The second-order valence-corrected chi connectivity index (χ2v) is 12.9. The summed E-state index contributed by atoms with van der Waals surface area (Å²) in [5.41, 5.74) is 0. The van der Waals surface area contributed by atoms with Gasteiger partial charge in [-0.25, -0.2) is 0 Å². The lowest BCUT2D eigenvalue weighted by atomic mass is 10.2. The number of benzene rings is 3. The summed E-state index contributed by atoms with van der Waals surface area (Å²) in [5.74, 6) is -0.757. The first-order valence-electron chi connectivity index (χ1n) is 11.3. The molecule has 0 saturated carbocycles. The summed E-state index contributed by atoms with van der Waals surface area (Å²) in [5, 5.41) is 14.1. The van der Waals surface area contributed by atoms with E-state index in [1.54, 1.807) is 13.2 Å². The van der Waals surface area contributed by atoms with Crippen molar-refractivity contribution >= 4 is 23.6 Å². The summed E-state index contributed by atoms with van der Waals surface area (Å²) >= 11 is 0. The SMILES string of the molecule is C=C[C@@H](O)[C@]1([Si](c2ccccc2)(c2ccccc2)c2ccccc2)O[C@@H]1COC(C)(C)OC. The van der Waals surface area contributed by atoms with Crippen LogP contribution in [0, 0.1) is 0 Å². The number of hydrogen-bond acceptors (Lipinski definition) is 4. The maximum Gasteiger partial charge on any atom is 0.190 e. The minimum absolute atomic E-state index is 0.299. The zero-order chi connectivity index (χ0) is 23.5. The Kier molecular flexibility index (Phi) is 6.70. The van der Waals surface area contributed by atoms with Gasteiger partial charge in [-0.3, -0.25) is 0 Å². The molecule has 0 unspecified atom stereocenters. The van der Waals surface area contributed by atoms with Crippen LogP contribution in [-0.4, -0.2) is 50.1 Å². The molecule has 0 amide bonds. The van der Waals surface area contributed by atoms with Crippen LogP contribution in [0.25, 0.3) is 0 Å². The van der Waals surface area contributed by atoms with Gasteiger partial charge in [0.1, 0.15) is 17.4 Å². The highest BCUT2D eigenvalue weighted by molar-refractivity contribution is 7.14. The lowest BCUT2D eigenvalue weighted by Gasteiger charge is -2.41. The lowest BCUT2D eigenvalue weighted by molar-refractivity contribution is -0.199. The quantitative estimate of drug-likeness (QED) is 0.166. The highest BCUT2D eigenvalue weighted by Gasteiger charge is 2.75. The van der Waals surface area contributed by atoms with Gasteiger partial charge in [0.25, 0.3) is 0 Å². The maximum absolute atomic E-state index is 11.5. The molecule has 0 radical (unpaired) electrons. The molecule has 1 fully saturated rings. The summed E-state index contributed by atoms with van der Waals surface area (Å²) in [6.45, 7) is 7.99. The molecule has 4 nitrogen and oxygen atoms in total. The molecule has 4 rings (SSSR count). The molecule has 1 aliphatic heterocycles. The number of rotatable bonds is 10. The standard InChI is InChI=1S/C28H32O4Si/c1-5-25(29)28(26(32-28)21-31-27(2,3)30-4)33(22-15-9-6-10-16-22,23-17-11-7-12-18-23)24-19-13-8-14-20-24/h5-20,25-26,29H,1,21H2,2-4H3/t25-,26-,28-/m1/s1. The van der Waals surface area contributed by atoms with E-state index in [1.807, 2.05) is 32.0 Å². The number of ether oxygens (including phenoxy) is 3. The number of methoxy groups -OCH3 is 1. The van der Waals surface area contributed by atoms with Gasteiger partial charge in [-0.2, -0.15) is 0 Å². The van der Waals surface area contributed by atoms with Gasteiger partial charge in [-0.1, -0.05) is 97.1 Å². The zero-order valence-electron chi connectivity index (χ0n) is 19.5. The van der Waals surface area contributed by atoms with Crippen LogP contribution in [-0.2, 0) is 14.2 Å². The van der Waals surface area contributed by atoms with Gasteiger partial charge >= 0.3 is 0 Å². The summed E-state index contributed by atoms with van der Waals surface area (Å²) < 4.78 is 18.1. The molecule has 5 heteroatoms. The van der Waals surface area contributed by atoms with Crippen LogP contribution >= 0.6 is 0 Å². The molecule has 0 aromatic heterocycles. The third kappa shape index (κ3) is 4.01. The second-order valence-electron chi connectivity index (χ2n) is 8.84. The van der Waals surface area contributed by atoms with Crippen molar-refractivity contribution in [1.29, 1.82) is 0 Å². The average molecular weight is 461 g/mol. The first-order chi connectivity index (χ1) is 15.9. The van der Waals surface area contributed by atoms with E-state index in [-0.39, 0.29) is 6.10 Å². The van der Waals surface area contributed by atoms with Gasteiger partial charge in [0, 0.05) is 7.11 Å². The Labute approximate surface area is 197 Å². The fraction of sp³-hybridized carbons (Fsp3) is 0.286. The summed E-state index contributed by atoms with van der Waals surface area (Å²) in [4.78, 5) is 0. The molecule has 0 spiro atoms. The maximum atomic E-state index is 11.5. The molecule has 0 bridgehead atoms. The first-order valence-corrected chi connectivity index (χ1v) is 13.3. The molecule has 3 aromatic carbocycles. The van der Waals surface area contributed by atoms with Crippen LogP contribution in [0.4, 0.5) is 0 Å². The van der Waals surface area contributed by atoms with Gasteiger partial charge in [-0.15, -0.1) is 6.58 Å². The Bertz CT molecular complexity index is 958. The largest absolute Gasteiger partial charge is 0.386 e. The van der Waals surface area contributed by atoms with Gasteiger partial charge in [0.05, 0.1) is 6.61 Å². The van der Waals surface area contributed by atoms with E-state index >= 15 is 0 Å². The van der Waals surface area contributed by atoms with Gasteiger partial charge in [0.2, 0.25) is 0 Å². The van der Waals surface area contributed by atoms with Crippen molar-refractivity contribution in [2.24, 2.45) is 0 Å². The highest BCUT2D eigenvalue weighted by atomic mass is 28.3. The first kappa shape index (κ1) is 23.6. The van der Waals surface area contributed by atoms with Crippen molar-refractivity contribution in [2.75, 3.05) is 13.7 Å². The van der Waals surface area contributed by atoms with Gasteiger partial charge in [0.15, 0.2) is 13.9 Å². The van der Waals surface area contributed by atoms with E-state index in [9.17, 15) is 5.11 Å². The Morgan fingerprint density at radius 1 is 0.939 bits per heavy atom. The predicted octanol–water partition coefficient (Wildman–Crippen LogP) is 2.78. The fourth-order valence-corrected chi connectivity index (χ4v) is 10.8. The van der Waals surface area contributed by atoms with Crippen molar-refractivity contribution in [3.8, 4) is 0 Å². The van der Waals surface area contributed by atoms with Crippen molar-refractivity contribution in [2.45, 2.75) is 37.1 Å². The zero-order valence-corrected chi connectivity index (χ0v) is 20.5. The van der Waals surface area contributed by atoms with E-state index < -0.39 is 25.2 Å². The van der Waals surface area contributed by atoms with Crippen molar-refractivity contribution in [3.05, 3.63) is 104 Å². The molecule has 0 aliphatic carbocycles. The van der Waals surface area contributed by atoms with Crippen LogP contribution in [0.5, 0.6) is 0 Å². The smallest absolute Gasteiger partial charge is 0.190 e. The molecule has 172 valence electrons. The number of aliphatic hydroxyl groups excluding tert-OH is 1. The Balaban J connectivity index is 1.98. The Morgan fingerprint density at radius 3 is 1.73 bits per heavy atom. The molecule has 1 heterocycles. The minimum atomic E-state index is -2.96. The molecule has 3 atom stereocenters. The lowest BCUT2D eigenvalue weighted by Crippen LogP contribution is -2.79. The average Bonchev–Trinajstić information content (AvgIpc) is 3.60. The van der Waals surface area contributed by atoms with Crippen molar-refractivity contribution < 1.29 is 19.3 Å². The Morgan fingerprint density at radius 2 is 1.36 bits per heavy atom. The summed E-state index contributed by atoms with van der Waals surface area (Å²) in [7, 11) is -1.34. The van der Waals surface area contributed by atoms with Gasteiger partial charge < -0.3 is 19.3 Å². The summed E-state index contributed by atoms with van der Waals surface area (Å²) in [6.07, 6.45) is 0.383. The van der Waals surface area contributed by atoms with E-state index in [1.165, 1.54) is 0 Å². The molecule has 3 aromatic rings. The van der Waals surface area contributed by atoms with E-state index in [4.69, 9.17) is 14.2 Å². The molecular formula is C28H32O4Si. The van der Waals surface area contributed by atoms with Crippen LogP contribution in [0.1, 0.15) is 13.8 Å². The Hall–Kier alpha value is -2.54.